The van der Waals surface area contributed by atoms with Crippen LogP contribution in [0.1, 0.15) is 42.7 Å². The monoisotopic (exact) mass is 338 g/mol. The number of methoxy groups -OCH3 is 1. The van der Waals surface area contributed by atoms with E-state index in [9.17, 15) is 4.79 Å². The lowest BCUT2D eigenvalue weighted by Crippen LogP contribution is -2.13. The Kier molecular flexibility index (Phi) is 6.40. The molecule has 0 aliphatic rings. The summed E-state index contributed by atoms with van der Waals surface area (Å²) in [5.41, 5.74) is 4.82. The Hall–Kier alpha value is -2.55. The molecule has 0 saturated heterocycles. The molecule has 1 heterocycles. The van der Waals surface area contributed by atoms with Gasteiger partial charge in [-0.05, 0) is 39.7 Å². The van der Waals surface area contributed by atoms with Crippen molar-refractivity contribution in [3.8, 4) is 5.95 Å². The molecule has 0 aliphatic carbocycles. The Bertz CT molecular complexity index is 840. The van der Waals surface area contributed by atoms with Gasteiger partial charge in [-0.3, -0.25) is 4.79 Å². The number of aryl methyl sites for hydroxylation is 1. The Labute approximate surface area is 149 Å². The number of ether oxygens (including phenoxy) is 1. The minimum absolute atomic E-state index is 0.000105. The zero-order valence-electron chi connectivity index (χ0n) is 15.7. The minimum Gasteiger partial charge on any atom is -0.468 e. The van der Waals surface area contributed by atoms with E-state index < -0.39 is 0 Å². The lowest BCUT2D eigenvalue weighted by molar-refractivity contribution is 0.279. The molecule has 1 aromatic heterocycles. The summed E-state index contributed by atoms with van der Waals surface area (Å²) in [7, 11) is 1.52. The van der Waals surface area contributed by atoms with Crippen LogP contribution in [-0.4, -0.2) is 7.11 Å². The highest BCUT2D eigenvalue weighted by Gasteiger charge is 2.13. The largest absolute Gasteiger partial charge is 0.468 e. The molecule has 2 aromatic rings. The van der Waals surface area contributed by atoms with Crippen molar-refractivity contribution in [3.05, 3.63) is 80.2 Å². The first kappa shape index (κ1) is 18.8. The molecule has 0 fully saturated rings. The number of benzene rings is 1. The first-order chi connectivity index (χ1) is 11.9. The quantitative estimate of drug-likeness (QED) is 0.676. The highest BCUT2D eigenvalue weighted by molar-refractivity contribution is 5.55. The van der Waals surface area contributed by atoms with Gasteiger partial charge in [0.2, 0.25) is 0 Å². The lowest BCUT2D eigenvalue weighted by Gasteiger charge is -2.09. The van der Waals surface area contributed by atoms with Crippen LogP contribution in [0, 0.1) is 13.8 Å². The van der Waals surface area contributed by atoms with Gasteiger partial charge >= 0.3 is 0 Å². The molecule has 2 rings (SSSR count). The molecule has 1 aromatic carbocycles. The van der Waals surface area contributed by atoms with Crippen molar-refractivity contribution in [1.29, 1.82) is 0 Å². The number of rotatable bonds is 6. The molecule has 0 atom stereocenters. The van der Waals surface area contributed by atoms with Crippen LogP contribution in [0.2, 0.25) is 0 Å². The van der Waals surface area contributed by atoms with E-state index >= 15 is 0 Å². The van der Waals surface area contributed by atoms with Crippen LogP contribution >= 0.6 is 0 Å². The summed E-state index contributed by atoms with van der Waals surface area (Å²) in [6.45, 7) is 7.73. The van der Waals surface area contributed by atoms with Crippen LogP contribution in [0.5, 0.6) is 5.95 Å². The van der Waals surface area contributed by atoms with Crippen molar-refractivity contribution in [2.45, 2.75) is 40.5 Å². The molecule has 0 unspecified atom stereocenters. The average molecular weight is 338 g/mol. The second-order valence-corrected chi connectivity index (χ2v) is 6.39. The van der Waals surface area contributed by atoms with Crippen molar-refractivity contribution < 1.29 is 9.15 Å². The molecule has 3 heteroatoms. The molecule has 0 amide bonds. The molecule has 0 bridgehead atoms. The van der Waals surface area contributed by atoms with Gasteiger partial charge in [-0.15, -0.1) is 0 Å². The van der Waals surface area contributed by atoms with Crippen molar-refractivity contribution in [1.82, 2.24) is 0 Å². The molecule has 132 valence electrons. The molecule has 3 nitrogen and oxygen atoms in total. The fourth-order valence-electron chi connectivity index (χ4n) is 2.82. The highest BCUT2D eigenvalue weighted by atomic mass is 16.6. The standard InChI is InChI=1S/C22H26O3/c1-15(13-16(2)14-19-9-7-6-8-10-19)11-12-20-17(3)21(23)18(4)22(24-5)25-20/h6-10,13-14H,11-12H2,1-5H3/b15-13+,16-14+. The van der Waals surface area contributed by atoms with E-state index in [1.165, 1.54) is 23.8 Å². The molecule has 0 N–H and O–H groups in total. The molecule has 0 saturated carbocycles. The predicted octanol–water partition coefficient (Wildman–Crippen LogP) is 5.25. The van der Waals surface area contributed by atoms with Gasteiger partial charge < -0.3 is 9.15 Å². The summed E-state index contributed by atoms with van der Waals surface area (Å²) in [6, 6.07) is 10.3. The fraction of sp³-hybridized carbons (Fsp3) is 0.318. The summed E-state index contributed by atoms with van der Waals surface area (Å²) in [5.74, 6) is 1.01. The van der Waals surface area contributed by atoms with Crippen LogP contribution < -0.4 is 10.2 Å². The van der Waals surface area contributed by atoms with E-state index in [2.05, 4.69) is 38.1 Å². The van der Waals surface area contributed by atoms with E-state index in [4.69, 9.17) is 9.15 Å². The van der Waals surface area contributed by atoms with Crippen molar-refractivity contribution in [3.63, 3.8) is 0 Å². The van der Waals surface area contributed by atoms with Gasteiger partial charge in [0.05, 0.1) is 12.7 Å². The third-order valence-corrected chi connectivity index (χ3v) is 4.22. The number of hydrogen-bond acceptors (Lipinski definition) is 3. The van der Waals surface area contributed by atoms with Crippen molar-refractivity contribution >= 4 is 6.08 Å². The molecule has 25 heavy (non-hydrogen) atoms. The first-order valence-corrected chi connectivity index (χ1v) is 8.50. The van der Waals surface area contributed by atoms with Crippen molar-refractivity contribution in [2.75, 3.05) is 7.11 Å². The van der Waals surface area contributed by atoms with Gasteiger partial charge in [0.25, 0.3) is 5.95 Å². The summed E-state index contributed by atoms with van der Waals surface area (Å²) in [6.07, 6.45) is 5.84. The zero-order valence-corrected chi connectivity index (χ0v) is 15.7. The van der Waals surface area contributed by atoms with Gasteiger partial charge in [-0.1, -0.05) is 53.6 Å². The molecule has 0 spiro atoms. The SMILES string of the molecule is COc1oc(CC/C(C)=C/C(C)=C/c2ccccc2)c(C)c(=O)c1C. The number of allylic oxidation sites excluding steroid dienone is 3. The topological polar surface area (TPSA) is 39.4 Å². The van der Waals surface area contributed by atoms with Gasteiger partial charge in [0.1, 0.15) is 5.76 Å². The Morgan fingerprint density at radius 2 is 1.80 bits per heavy atom. The molecular formula is C22H26O3. The first-order valence-electron chi connectivity index (χ1n) is 8.50. The van der Waals surface area contributed by atoms with Crippen LogP contribution in [0.3, 0.4) is 0 Å². The maximum Gasteiger partial charge on any atom is 0.291 e. The van der Waals surface area contributed by atoms with E-state index in [0.717, 1.165) is 6.42 Å². The predicted molar refractivity (Wildman–Crippen MR) is 103 cm³/mol. The van der Waals surface area contributed by atoms with E-state index in [1.54, 1.807) is 6.92 Å². The zero-order chi connectivity index (χ0) is 18.4. The van der Waals surface area contributed by atoms with E-state index in [1.807, 2.05) is 25.1 Å². The highest BCUT2D eigenvalue weighted by Crippen LogP contribution is 2.21. The van der Waals surface area contributed by atoms with Crippen LogP contribution in [0.4, 0.5) is 0 Å². The van der Waals surface area contributed by atoms with Crippen LogP contribution in [-0.2, 0) is 6.42 Å². The van der Waals surface area contributed by atoms with Crippen molar-refractivity contribution in [2.24, 2.45) is 0 Å². The third-order valence-electron chi connectivity index (χ3n) is 4.22. The van der Waals surface area contributed by atoms with Crippen LogP contribution in [0.15, 0.2) is 56.8 Å². The molecule has 0 radical (unpaired) electrons. The minimum atomic E-state index is -0.000105. The van der Waals surface area contributed by atoms with E-state index in [-0.39, 0.29) is 5.43 Å². The second-order valence-electron chi connectivity index (χ2n) is 6.39. The second kappa shape index (κ2) is 8.52. The normalized spacial score (nSPS) is 12.4. The Morgan fingerprint density at radius 3 is 2.44 bits per heavy atom. The number of hydrogen-bond donors (Lipinski definition) is 0. The maximum absolute atomic E-state index is 12.2. The Balaban J connectivity index is 2.12. The smallest absolute Gasteiger partial charge is 0.291 e. The summed E-state index contributed by atoms with van der Waals surface area (Å²) in [5, 5.41) is 0. The van der Waals surface area contributed by atoms with E-state index in [0.29, 0.717) is 29.3 Å². The molecule has 0 aliphatic heterocycles. The molecular weight excluding hydrogens is 312 g/mol. The summed E-state index contributed by atoms with van der Waals surface area (Å²) < 4.78 is 10.9. The third kappa shape index (κ3) is 4.96. The average Bonchev–Trinajstić information content (AvgIpc) is 2.60. The van der Waals surface area contributed by atoms with Crippen LogP contribution in [0.25, 0.3) is 6.08 Å². The van der Waals surface area contributed by atoms with Gasteiger partial charge in [0, 0.05) is 12.0 Å². The Morgan fingerprint density at radius 1 is 1.12 bits per heavy atom. The maximum atomic E-state index is 12.2. The summed E-state index contributed by atoms with van der Waals surface area (Å²) >= 11 is 0. The summed E-state index contributed by atoms with van der Waals surface area (Å²) in [4.78, 5) is 12.2. The fourth-order valence-corrected chi connectivity index (χ4v) is 2.82. The van der Waals surface area contributed by atoms with Gasteiger partial charge in [-0.25, -0.2) is 0 Å². The van der Waals surface area contributed by atoms with Gasteiger partial charge in [-0.2, -0.15) is 0 Å². The van der Waals surface area contributed by atoms with Gasteiger partial charge in [0.15, 0.2) is 5.43 Å². The lowest BCUT2D eigenvalue weighted by atomic mass is 10.0.